The van der Waals surface area contributed by atoms with Crippen LogP contribution in [0.1, 0.15) is 31.2 Å². The van der Waals surface area contributed by atoms with Crippen LogP contribution in [0, 0.1) is 5.92 Å². The van der Waals surface area contributed by atoms with Crippen LogP contribution in [0.5, 0.6) is 11.6 Å². The summed E-state index contributed by atoms with van der Waals surface area (Å²) in [6, 6.07) is 7.98. The first kappa shape index (κ1) is 19.6. The van der Waals surface area contributed by atoms with Crippen LogP contribution >= 0.6 is 0 Å². The molecule has 5 rings (SSSR count). The van der Waals surface area contributed by atoms with Crippen molar-refractivity contribution >= 4 is 0 Å². The smallest absolute Gasteiger partial charge is 0.351 e. The van der Waals surface area contributed by atoms with Crippen molar-refractivity contribution in [3.8, 4) is 22.9 Å². The third kappa shape index (κ3) is 4.52. The van der Waals surface area contributed by atoms with Crippen LogP contribution in [0.25, 0.3) is 11.3 Å². The van der Waals surface area contributed by atoms with Crippen molar-refractivity contribution in [2.45, 2.75) is 44.8 Å². The first-order valence-electron chi connectivity index (χ1n) is 11.0. The quantitative estimate of drug-likeness (QED) is 0.621. The number of aryl methyl sites for hydroxylation is 1. The van der Waals surface area contributed by atoms with Gasteiger partial charge in [0, 0.05) is 18.2 Å². The summed E-state index contributed by atoms with van der Waals surface area (Å²) in [6.45, 7) is 3.36. The summed E-state index contributed by atoms with van der Waals surface area (Å²) in [6.07, 6.45) is 5.82. The second-order valence-corrected chi connectivity index (χ2v) is 8.30. The summed E-state index contributed by atoms with van der Waals surface area (Å²) in [7, 11) is 0. The molecule has 1 aliphatic carbocycles. The van der Waals surface area contributed by atoms with E-state index in [4.69, 9.17) is 18.9 Å². The molecule has 30 heavy (non-hydrogen) atoms. The normalized spacial score (nSPS) is 20.3. The molecule has 0 radical (unpaired) electrons. The van der Waals surface area contributed by atoms with Gasteiger partial charge in [-0.25, -0.2) is 4.79 Å². The van der Waals surface area contributed by atoms with Crippen molar-refractivity contribution in [2.24, 2.45) is 5.92 Å². The Morgan fingerprint density at radius 3 is 2.93 bits per heavy atom. The summed E-state index contributed by atoms with van der Waals surface area (Å²) in [5, 5.41) is 0. The second kappa shape index (κ2) is 8.78. The molecule has 1 atom stereocenters. The Balaban J connectivity index is 1.29. The van der Waals surface area contributed by atoms with Gasteiger partial charge in [0.25, 0.3) is 0 Å². The molecular formula is C23H28N2O5. The van der Waals surface area contributed by atoms with E-state index in [1.807, 2.05) is 18.2 Å². The maximum Gasteiger partial charge on any atom is 0.351 e. The summed E-state index contributed by atoms with van der Waals surface area (Å²) >= 11 is 0. The zero-order valence-corrected chi connectivity index (χ0v) is 17.2. The van der Waals surface area contributed by atoms with Gasteiger partial charge >= 0.3 is 5.69 Å². The molecule has 7 nitrogen and oxygen atoms in total. The third-order valence-corrected chi connectivity index (χ3v) is 5.97. The number of hydrogen-bond acceptors (Lipinski definition) is 6. The third-order valence-electron chi connectivity index (χ3n) is 5.97. The van der Waals surface area contributed by atoms with Gasteiger partial charge in [-0.2, -0.15) is 4.98 Å². The van der Waals surface area contributed by atoms with E-state index in [1.54, 1.807) is 4.57 Å². The van der Waals surface area contributed by atoms with E-state index in [9.17, 15) is 4.79 Å². The average molecular weight is 412 g/mol. The first-order valence-corrected chi connectivity index (χ1v) is 11.0. The van der Waals surface area contributed by atoms with E-state index in [1.165, 1.54) is 24.8 Å². The Morgan fingerprint density at radius 2 is 2.10 bits per heavy atom. The molecule has 160 valence electrons. The molecule has 1 aromatic carbocycles. The summed E-state index contributed by atoms with van der Waals surface area (Å²) < 4.78 is 24.4. The van der Waals surface area contributed by atoms with Gasteiger partial charge in [0.05, 0.1) is 32.1 Å². The number of ether oxygens (including phenoxy) is 4. The van der Waals surface area contributed by atoms with Gasteiger partial charge in [-0.05, 0) is 48.9 Å². The van der Waals surface area contributed by atoms with E-state index in [0.717, 1.165) is 42.4 Å². The van der Waals surface area contributed by atoms with Gasteiger partial charge < -0.3 is 18.9 Å². The lowest BCUT2D eigenvalue weighted by Gasteiger charge is -2.24. The van der Waals surface area contributed by atoms with Crippen LogP contribution in [-0.2, 0) is 22.4 Å². The zero-order valence-electron chi connectivity index (χ0n) is 17.2. The molecular weight excluding hydrogens is 384 g/mol. The number of fused-ring (bicyclic) bond motifs is 3. The van der Waals surface area contributed by atoms with Gasteiger partial charge in [0.2, 0.25) is 5.88 Å². The van der Waals surface area contributed by atoms with Gasteiger partial charge in [-0.15, -0.1) is 0 Å². The van der Waals surface area contributed by atoms with E-state index in [-0.39, 0.29) is 11.8 Å². The predicted molar refractivity (Wildman–Crippen MR) is 111 cm³/mol. The molecule has 0 bridgehead atoms. The van der Waals surface area contributed by atoms with Crippen LogP contribution in [-0.4, -0.2) is 48.7 Å². The Hall–Kier alpha value is -2.38. The lowest BCUT2D eigenvalue weighted by Crippen LogP contribution is -2.34. The zero-order chi connectivity index (χ0) is 20.3. The molecule has 7 heteroatoms. The van der Waals surface area contributed by atoms with Crippen LogP contribution < -0.4 is 15.2 Å². The highest BCUT2D eigenvalue weighted by molar-refractivity contribution is 5.67. The lowest BCUT2D eigenvalue weighted by molar-refractivity contribution is -0.102. The van der Waals surface area contributed by atoms with Crippen LogP contribution in [0.15, 0.2) is 29.1 Å². The molecule has 3 heterocycles. The number of benzene rings is 1. The molecule has 2 aromatic rings. The Kier molecular flexibility index (Phi) is 5.73. The molecule has 0 spiro atoms. The minimum absolute atomic E-state index is 0.133. The van der Waals surface area contributed by atoms with Crippen molar-refractivity contribution in [1.29, 1.82) is 0 Å². The number of hydrogen-bond donors (Lipinski definition) is 0. The Labute approximate surface area is 175 Å². The van der Waals surface area contributed by atoms with Gasteiger partial charge in [0.1, 0.15) is 18.5 Å². The molecule has 2 aliphatic heterocycles. The van der Waals surface area contributed by atoms with E-state index < -0.39 is 0 Å². The second-order valence-electron chi connectivity index (χ2n) is 8.30. The topological polar surface area (TPSA) is 71.8 Å². The van der Waals surface area contributed by atoms with Crippen LogP contribution in [0.4, 0.5) is 0 Å². The summed E-state index contributed by atoms with van der Waals surface area (Å²) in [5.74, 6) is 2.17. The average Bonchev–Trinajstić information content (AvgIpc) is 3.60. The SMILES string of the molecule is O=c1nc(OC[C@H]2COCCO2)cc2n1CCc1cc(OCCCC3CC3)ccc1-2. The highest BCUT2D eigenvalue weighted by Crippen LogP contribution is 2.34. The van der Waals surface area contributed by atoms with E-state index in [0.29, 0.717) is 38.9 Å². The van der Waals surface area contributed by atoms with E-state index >= 15 is 0 Å². The molecule has 2 fully saturated rings. The molecule has 3 aliphatic rings. The van der Waals surface area contributed by atoms with Crippen molar-refractivity contribution in [1.82, 2.24) is 9.55 Å². The number of aromatic nitrogens is 2. The van der Waals surface area contributed by atoms with Gasteiger partial charge in [-0.3, -0.25) is 4.57 Å². The standard InChI is InChI=1S/C23H28N2O5/c26-23-24-22(30-15-19-14-27-10-11-29-19)13-21-20-6-5-18(12-17(20)7-8-25(21)23)28-9-1-2-16-3-4-16/h5-6,12-13,16,19H,1-4,7-11,14-15H2/t19-/m1/s1. The fourth-order valence-corrected chi connectivity index (χ4v) is 4.13. The maximum atomic E-state index is 12.5. The summed E-state index contributed by atoms with van der Waals surface area (Å²) in [5.41, 5.74) is 2.78. The molecule has 1 saturated carbocycles. The highest BCUT2D eigenvalue weighted by atomic mass is 16.6. The lowest BCUT2D eigenvalue weighted by atomic mass is 9.97. The monoisotopic (exact) mass is 412 g/mol. The first-order chi connectivity index (χ1) is 14.8. The van der Waals surface area contributed by atoms with Crippen molar-refractivity contribution in [3.05, 3.63) is 40.3 Å². The highest BCUT2D eigenvalue weighted by Gasteiger charge is 2.22. The number of rotatable bonds is 8. The largest absolute Gasteiger partial charge is 0.494 e. The molecule has 1 saturated heterocycles. The van der Waals surface area contributed by atoms with Gasteiger partial charge in [0.15, 0.2) is 0 Å². The summed E-state index contributed by atoms with van der Waals surface area (Å²) in [4.78, 5) is 16.6. The Bertz CT molecular complexity index is 947. The Morgan fingerprint density at radius 1 is 1.17 bits per heavy atom. The van der Waals surface area contributed by atoms with Crippen molar-refractivity contribution < 1.29 is 18.9 Å². The molecule has 0 amide bonds. The van der Waals surface area contributed by atoms with Gasteiger partial charge in [-0.1, -0.05) is 12.8 Å². The predicted octanol–water partition coefficient (Wildman–Crippen LogP) is 2.83. The van der Waals surface area contributed by atoms with Crippen molar-refractivity contribution in [2.75, 3.05) is 33.0 Å². The van der Waals surface area contributed by atoms with Crippen molar-refractivity contribution in [3.63, 3.8) is 0 Å². The fourth-order valence-electron chi connectivity index (χ4n) is 4.13. The minimum Gasteiger partial charge on any atom is -0.494 e. The molecule has 1 aromatic heterocycles. The van der Waals surface area contributed by atoms with Crippen LogP contribution in [0.2, 0.25) is 0 Å². The molecule has 0 N–H and O–H groups in total. The fraction of sp³-hybridized carbons (Fsp3) is 0.565. The minimum atomic E-state index is -0.283. The number of nitrogens with zero attached hydrogens (tertiary/aromatic N) is 2. The van der Waals surface area contributed by atoms with E-state index in [2.05, 4.69) is 11.1 Å². The van der Waals surface area contributed by atoms with Crippen LogP contribution in [0.3, 0.4) is 0 Å². The molecule has 0 unspecified atom stereocenters. The maximum absolute atomic E-state index is 12.5.